The van der Waals surface area contributed by atoms with Gasteiger partial charge in [0.15, 0.2) is 0 Å². The van der Waals surface area contributed by atoms with E-state index < -0.39 is 0 Å². The first kappa shape index (κ1) is 18.9. The van der Waals surface area contributed by atoms with Crippen molar-refractivity contribution in [3.63, 3.8) is 0 Å². The van der Waals surface area contributed by atoms with Crippen molar-refractivity contribution in [1.29, 1.82) is 0 Å². The van der Waals surface area contributed by atoms with E-state index in [1.165, 1.54) is 12.1 Å². The van der Waals surface area contributed by atoms with Gasteiger partial charge in [-0.2, -0.15) is 0 Å². The highest BCUT2D eigenvalue weighted by Crippen LogP contribution is 2.20. The van der Waals surface area contributed by atoms with Gasteiger partial charge in [-0.25, -0.2) is 4.39 Å². The lowest BCUT2D eigenvalue weighted by Gasteiger charge is -2.18. The van der Waals surface area contributed by atoms with Crippen molar-refractivity contribution in [3.05, 3.63) is 59.4 Å². The Morgan fingerprint density at radius 3 is 2.60 bits per heavy atom. The molecule has 4 nitrogen and oxygen atoms in total. The Bertz CT molecular complexity index is 701. The van der Waals surface area contributed by atoms with Gasteiger partial charge in [0.1, 0.15) is 18.2 Å². The zero-order valence-electron chi connectivity index (χ0n) is 15.0. The van der Waals surface area contributed by atoms with E-state index in [1.54, 1.807) is 12.1 Å². The molecule has 0 bridgehead atoms. The van der Waals surface area contributed by atoms with E-state index in [4.69, 9.17) is 4.74 Å². The van der Waals surface area contributed by atoms with Gasteiger partial charge in [0.25, 0.3) is 0 Å². The Balaban J connectivity index is 1.79. The number of aryl methyl sites for hydroxylation is 2. The minimum absolute atomic E-state index is 0.0479. The van der Waals surface area contributed by atoms with E-state index in [1.807, 2.05) is 37.1 Å². The van der Waals surface area contributed by atoms with Crippen LogP contribution in [0.3, 0.4) is 0 Å². The van der Waals surface area contributed by atoms with Crippen LogP contribution in [0.15, 0.2) is 42.5 Å². The van der Waals surface area contributed by atoms with Crippen molar-refractivity contribution in [3.8, 4) is 5.75 Å². The number of carbonyl (C=O) groups is 1. The molecule has 25 heavy (non-hydrogen) atoms. The maximum absolute atomic E-state index is 12.8. The number of likely N-dealkylation sites (N-methyl/N-ethyl adjacent to an activating group) is 1. The minimum atomic E-state index is -0.288. The summed E-state index contributed by atoms with van der Waals surface area (Å²) in [5.41, 5.74) is 3.11. The number of nitrogens with zero attached hydrogens (tertiary/aromatic N) is 1. The van der Waals surface area contributed by atoms with Crippen LogP contribution in [0.5, 0.6) is 5.75 Å². The molecule has 0 aromatic heterocycles. The molecule has 0 heterocycles. The van der Waals surface area contributed by atoms with E-state index in [9.17, 15) is 9.18 Å². The van der Waals surface area contributed by atoms with Crippen molar-refractivity contribution in [2.45, 2.75) is 20.3 Å². The Morgan fingerprint density at radius 1 is 1.20 bits per heavy atom. The molecule has 2 aromatic carbocycles. The summed E-state index contributed by atoms with van der Waals surface area (Å²) in [7, 11) is 1.87. The van der Waals surface area contributed by atoms with Crippen molar-refractivity contribution >= 4 is 11.6 Å². The van der Waals surface area contributed by atoms with Gasteiger partial charge >= 0.3 is 0 Å². The first-order valence-corrected chi connectivity index (χ1v) is 8.45. The Morgan fingerprint density at radius 2 is 1.92 bits per heavy atom. The van der Waals surface area contributed by atoms with Crippen LogP contribution in [-0.2, 0) is 11.2 Å². The molecule has 1 N–H and O–H groups in total. The van der Waals surface area contributed by atoms with Crippen LogP contribution < -0.4 is 10.1 Å². The number of hydrogen-bond donors (Lipinski definition) is 1. The number of ether oxygens (including phenoxy) is 1. The quantitative estimate of drug-likeness (QED) is 0.795. The summed E-state index contributed by atoms with van der Waals surface area (Å²) in [6.07, 6.45) is 0.874. The van der Waals surface area contributed by atoms with Crippen molar-refractivity contribution in [2.75, 3.05) is 32.1 Å². The van der Waals surface area contributed by atoms with Gasteiger partial charge in [-0.1, -0.05) is 25.1 Å². The number of anilines is 1. The van der Waals surface area contributed by atoms with E-state index in [0.717, 1.165) is 23.2 Å². The molecule has 0 aliphatic carbocycles. The number of amides is 1. The molecule has 2 rings (SSSR count). The predicted molar refractivity (Wildman–Crippen MR) is 98.6 cm³/mol. The number of carbonyl (C=O) groups excluding carboxylic acids is 1. The van der Waals surface area contributed by atoms with Gasteiger partial charge in [0, 0.05) is 12.2 Å². The molecule has 0 unspecified atom stereocenters. The minimum Gasteiger partial charge on any atom is -0.492 e. The normalized spacial score (nSPS) is 10.8. The Labute approximate surface area is 148 Å². The Kier molecular flexibility index (Phi) is 6.95. The maximum Gasteiger partial charge on any atom is 0.238 e. The van der Waals surface area contributed by atoms with Gasteiger partial charge in [-0.15, -0.1) is 0 Å². The van der Waals surface area contributed by atoms with Gasteiger partial charge in [0.2, 0.25) is 5.91 Å². The van der Waals surface area contributed by atoms with Gasteiger partial charge in [0.05, 0.1) is 6.54 Å². The fourth-order valence-electron chi connectivity index (χ4n) is 2.56. The van der Waals surface area contributed by atoms with Crippen LogP contribution in [0.1, 0.15) is 18.1 Å². The fraction of sp³-hybridized carbons (Fsp3) is 0.350. The summed E-state index contributed by atoms with van der Waals surface area (Å²) in [6, 6.07) is 11.9. The molecule has 0 saturated carbocycles. The summed E-state index contributed by atoms with van der Waals surface area (Å²) in [5, 5.41) is 3.01. The molecular weight excluding hydrogens is 319 g/mol. The second-order valence-corrected chi connectivity index (χ2v) is 6.05. The molecule has 0 aliphatic heterocycles. The molecule has 0 aliphatic rings. The molecule has 134 valence electrons. The molecule has 5 heteroatoms. The van der Waals surface area contributed by atoms with Gasteiger partial charge < -0.3 is 10.1 Å². The molecule has 0 saturated heterocycles. The van der Waals surface area contributed by atoms with Crippen LogP contribution in [-0.4, -0.2) is 37.6 Å². The summed E-state index contributed by atoms with van der Waals surface area (Å²) < 4.78 is 18.4. The van der Waals surface area contributed by atoms with Crippen LogP contribution in [0, 0.1) is 12.7 Å². The summed E-state index contributed by atoms with van der Waals surface area (Å²) >= 11 is 0. The number of halogens is 1. The fourth-order valence-corrected chi connectivity index (χ4v) is 2.56. The summed E-state index contributed by atoms with van der Waals surface area (Å²) in [4.78, 5) is 14.2. The zero-order valence-corrected chi connectivity index (χ0v) is 15.0. The topological polar surface area (TPSA) is 41.6 Å². The second-order valence-electron chi connectivity index (χ2n) is 6.05. The van der Waals surface area contributed by atoms with Crippen LogP contribution in [0.25, 0.3) is 0 Å². The highest BCUT2D eigenvalue weighted by Gasteiger charge is 2.11. The molecular formula is C20H25FN2O2. The average Bonchev–Trinajstić information content (AvgIpc) is 2.58. The second kappa shape index (κ2) is 9.18. The van der Waals surface area contributed by atoms with Crippen LogP contribution in [0.2, 0.25) is 0 Å². The van der Waals surface area contributed by atoms with E-state index >= 15 is 0 Å². The number of benzene rings is 2. The summed E-state index contributed by atoms with van der Waals surface area (Å²) in [5.74, 6) is 0.281. The SMILES string of the molecule is CCc1cccc(C)c1NC(=O)CN(C)CCOc1ccc(F)cc1. The van der Waals surface area contributed by atoms with Crippen molar-refractivity contribution in [2.24, 2.45) is 0 Å². The highest BCUT2D eigenvalue weighted by atomic mass is 19.1. The molecule has 0 spiro atoms. The molecule has 2 aromatic rings. The molecule has 0 fully saturated rings. The third kappa shape index (κ3) is 5.87. The van der Waals surface area contributed by atoms with E-state index in [-0.39, 0.29) is 18.3 Å². The number of rotatable bonds is 8. The van der Waals surface area contributed by atoms with Crippen molar-refractivity contribution in [1.82, 2.24) is 4.90 Å². The summed E-state index contributed by atoms with van der Waals surface area (Å²) in [6.45, 7) is 5.38. The molecule has 0 radical (unpaired) electrons. The van der Waals surface area contributed by atoms with Gasteiger partial charge in [-0.05, 0) is 55.8 Å². The largest absolute Gasteiger partial charge is 0.492 e. The highest BCUT2D eigenvalue weighted by molar-refractivity contribution is 5.93. The third-order valence-electron chi connectivity index (χ3n) is 3.97. The van der Waals surface area contributed by atoms with Crippen LogP contribution in [0.4, 0.5) is 10.1 Å². The maximum atomic E-state index is 12.8. The molecule has 0 atom stereocenters. The lowest BCUT2D eigenvalue weighted by atomic mass is 10.1. The van der Waals surface area contributed by atoms with E-state index in [2.05, 4.69) is 12.2 Å². The average molecular weight is 344 g/mol. The standard InChI is InChI=1S/C20H25FN2O2/c1-4-16-7-5-6-15(2)20(16)22-19(24)14-23(3)12-13-25-18-10-8-17(21)9-11-18/h5-11H,4,12-14H2,1-3H3,(H,22,24). The zero-order chi connectivity index (χ0) is 18.2. The van der Waals surface area contributed by atoms with Gasteiger partial charge in [-0.3, -0.25) is 9.69 Å². The first-order chi connectivity index (χ1) is 12.0. The number of nitrogens with one attached hydrogen (secondary N) is 1. The number of para-hydroxylation sites is 1. The lowest BCUT2D eigenvalue weighted by Crippen LogP contribution is -2.33. The first-order valence-electron chi connectivity index (χ1n) is 8.45. The smallest absolute Gasteiger partial charge is 0.238 e. The monoisotopic (exact) mass is 344 g/mol. The van der Waals surface area contributed by atoms with E-state index in [0.29, 0.717) is 18.9 Å². The van der Waals surface area contributed by atoms with Crippen molar-refractivity contribution < 1.29 is 13.9 Å². The Hall–Kier alpha value is -2.40. The molecule has 1 amide bonds. The third-order valence-corrected chi connectivity index (χ3v) is 3.97. The predicted octanol–water partition coefficient (Wildman–Crippen LogP) is 3.65. The number of hydrogen-bond acceptors (Lipinski definition) is 3. The lowest BCUT2D eigenvalue weighted by molar-refractivity contribution is -0.117. The van der Waals surface area contributed by atoms with Crippen LogP contribution >= 0.6 is 0 Å².